The molecule has 0 spiro atoms. The largest absolute Gasteiger partial charge is 0.338 e. The van der Waals surface area contributed by atoms with Crippen molar-refractivity contribution < 1.29 is 0 Å². The lowest BCUT2D eigenvalue weighted by Gasteiger charge is -2.35. The number of rotatable bonds is 4. The van der Waals surface area contributed by atoms with Crippen LogP contribution in [0.4, 0.5) is 11.5 Å². The SMILES string of the molecule is CN1CCC(N(C)Cc2ccc(-c3nnc4n3-c3cccnc3Nc3ccccc3-4)cc2)CC1. The molecule has 4 heterocycles. The summed E-state index contributed by atoms with van der Waals surface area (Å²) >= 11 is 0. The third-order valence-electron chi connectivity index (χ3n) is 7.07. The van der Waals surface area contributed by atoms with Crippen LogP contribution in [0.5, 0.6) is 0 Å². The Kier molecular flexibility index (Phi) is 5.36. The topological polar surface area (TPSA) is 62.1 Å². The smallest absolute Gasteiger partial charge is 0.171 e. The van der Waals surface area contributed by atoms with Crippen LogP contribution in [-0.4, -0.2) is 62.8 Å². The number of nitrogens with one attached hydrogen (secondary N) is 1. The Bertz CT molecular complexity index is 1300. The molecule has 0 saturated carbocycles. The van der Waals surface area contributed by atoms with Gasteiger partial charge in [-0.15, -0.1) is 10.2 Å². The normalized spacial score (nSPS) is 15.9. The zero-order valence-corrected chi connectivity index (χ0v) is 19.6. The maximum absolute atomic E-state index is 4.62. The summed E-state index contributed by atoms with van der Waals surface area (Å²) in [7, 11) is 4.46. The van der Waals surface area contributed by atoms with Crippen molar-refractivity contribution in [3.8, 4) is 28.5 Å². The Morgan fingerprint density at radius 1 is 0.941 bits per heavy atom. The molecule has 6 rings (SSSR count). The number of pyridine rings is 1. The molecule has 7 nitrogen and oxygen atoms in total. The van der Waals surface area contributed by atoms with E-state index in [9.17, 15) is 0 Å². The third-order valence-corrected chi connectivity index (χ3v) is 7.07. The van der Waals surface area contributed by atoms with Crippen LogP contribution in [0.25, 0.3) is 28.5 Å². The highest BCUT2D eigenvalue weighted by atomic mass is 15.3. The summed E-state index contributed by atoms with van der Waals surface area (Å²) in [6.45, 7) is 3.32. The van der Waals surface area contributed by atoms with Gasteiger partial charge in [-0.05, 0) is 69.9 Å². The molecule has 0 aliphatic carbocycles. The Labute approximate surface area is 200 Å². The molecule has 172 valence electrons. The highest BCUT2D eigenvalue weighted by Crippen LogP contribution is 2.38. The van der Waals surface area contributed by atoms with E-state index in [4.69, 9.17) is 0 Å². The summed E-state index contributed by atoms with van der Waals surface area (Å²) in [4.78, 5) is 9.51. The zero-order chi connectivity index (χ0) is 23.1. The molecule has 2 aromatic carbocycles. The molecule has 2 aliphatic rings. The number of hydrogen-bond acceptors (Lipinski definition) is 6. The first kappa shape index (κ1) is 21.0. The van der Waals surface area contributed by atoms with Gasteiger partial charge < -0.3 is 10.2 Å². The standard InChI is InChI=1S/C27H29N7/c1-32-16-13-21(14-17-32)33(2)18-19-9-11-20(12-10-19)26-30-31-27-22-6-3-4-7-23(22)29-25-24(34(26)27)8-5-15-28-25/h3-12,15,21H,13-14,16-18H2,1-2H3,(H,28,29). The molecule has 2 aliphatic heterocycles. The van der Waals surface area contributed by atoms with Crippen LogP contribution in [0.3, 0.4) is 0 Å². The van der Waals surface area contributed by atoms with Crippen molar-refractivity contribution in [2.75, 3.05) is 32.5 Å². The minimum Gasteiger partial charge on any atom is -0.338 e. The number of fused-ring (bicyclic) bond motifs is 5. The number of piperidine rings is 1. The number of benzene rings is 2. The fourth-order valence-corrected chi connectivity index (χ4v) is 5.07. The molecule has 1 saturated heterocycles. The molecule has 1 N–H and O–H groups in total. The maximum Gasteiger partial charge on any atom is 0.171 e. The lowest BCUT2D eigenvalue weighted by molar-refractivity contribution is 0.139. The molecule has 0 amide bonds. The van der Waals surface area contributed by atoms with Gasteiger partial charge in [-0.3, -0.25) is 9.47 Å². The van der Waals surface area contributed by atoms with Crippen molar-refractivity contribution in [3.05, 3.63) is 72.4 Å². The van der Waals surface area contributed by atoms with Gasteiger partial charge in [0.05, 0.1) is 11.4 Å². The molecule has 7 heteroatoms. The van der Waals surface area contributed by atoms with E-state index in [0.717, 1.165) is 46.5 Å². The van der Waals surface area contributed by atoms with Crippen molar-refractivity contribution in [1.82, 2.24) is 29.5 Å². The fourth-order valence-electron chi connectivity index (χ4n) is 5.07. The minimum atomic E-state index is 0.653. The number of nitrogens with zero attached hydrogens (tertiary/aromatic N) is 6. The summed E-state index contributed by atoms with van der Waals surface area (Å²) in [5.74, 6) is 2.43. The van der Waals surface area contributed by atoms with Gasteiger partial charge in [0.25, 0.3) is 0 Å². The second-order valence-corrected chi connectivity index (χ2v) is 9.37. The molecule has 1 fully saturated rings. The van der Waals surface area contributed by atoms with Gasteiger partial charge in [0, 0.05) is 29.9 Å². The summed E-state index contributed by atoms with van der Waals surface area (Å²) < 4.78 is 2.11. The van der Waals surface area contributed by atoms with Gasteiger partial charge in [-0.2, -0.15) is 0 Å². The van der Waals surface area contributed by atoms with Crippen molar-refractivity contribution in [2.45, 2.75) is 25.4 Å². The van der Waals surface area contributed by atoms with Gasteiger partial charge in [-0.25, -0.2) is 4.98 Å². The lowest BCUT2D eigenvalue weighted by Crippen LogP contribution is -2.41. The highest BCUT2D eigenvalue weighted by molar-refractivity contribution is 5.84. The number of aromatic nitrogens is 4. The summed E-state index contributed by atoms with van der Waals surface area (Å²) in [6.07, 6.45) is 4.28. The Balaban J connectivity index is 1.32. The van der Waals surface area contributed by atoms with Crippen molar-refractivity contribution in [3.63, 3.8) is 0 Å². The van der Waals surface area contributed by atoms with E-state index >= 15 is 0 Å². The zero-order valence-electron chi connectivity index (χ0n) is 19.6. The van der Waals surface area contributed by atoms with E-state index in [-0.39, 0.29) is 0 Å². The van der Waals surface area contributed by atoms with Crippen LogP contribution in [-0.2, 0) is 6.54 Å². The number of para-hydroxylation sites is 1. The molecule has 4 aromatic rings. The van der Waals surface area contributed by atoms with E-state index in [1.54, 1.807) is 6.20 Å². The van der Waals surface area contributed by atoms with E-state index in [1.807, 2.05) is 24.3 Å². The van der Waals surface area contributed by atoms with Gasteiger partial charge in [0.1, 0.15) is 0 Å². The number of hydrogen-bond donors (Lipinski definition) is 1. The van der Waals surface area contributed by atoms with Crippen molar-refractivity contribution >= 4 is 11.5 Å². The lowest BCUT2D eigenvalue weighted by atomic mass is 10.0. The predicted molar refractivity (Wildman–Crippen MR) is 135 cm³/mol. The average molecular weight is 452 g/mol. The molecular formula is C27H29N7. The number of likely N-dealkylation sites (tertiary alicyclic amines) is 1. The van der Waals surface area contributed by atoms with Crippen LogP contribution in [0.2, 0.25) is 0 Å². The molecule has 0 bridgehead atoms. The van der Waals surface area contributed by atoms with E-state index in [0.29, 0.717) is 6.04 Å². The molecule has 2 aromatic heterocycles. The first-order valence-electron chi connectivity index (χ1n) is 11.9. The molecule has 34 heavy (non-hydrogen) atoms. The van der Waals surface area contributed by atoms with Gasteiger partial charge >= 0.3 is 0 Å². The van der Waals surface area contributed by atoms with E-state index in [1.165, 1.54) is 31.5 Å². The second kappa shape index (κ2) is 8.66. The van der Waals surface area contributed by atoms with Crippen molar-refractivity contribution in [2.24, 2.45) is 0 Å². The Morgan fingerprint density at radius 2 is 1.71 bits per heavy atom. The van der Waals surface area contributed by atoms with Crippen LogP contribution in [0.15, 0.2) is 66.9 Å². The number of anilines is 2. The maximum atomic E-state index is 4.62. The summed E-state index contributed by atoms with van der Waals surface area (Å²) in [5, 5.41) is 12.7. The first-order valence-corrected chi connectivity index (χ1v) is 11.9. The summed E-state index contributed by atoms with van der Waals surface area (Å²) in [6, 6.07) is 21.6. The first-order chi connectivity index (χ1) is 16.7. The minimum absolute atomic E-state index is 0.653. The molecule has 0 unspecified atom stereocenters. The van der Waals surface area contributed by atoms with Crippen LogP contribution in [0, 0.1) is 0 Å². The second-order valence-electron chi connectivity index (χ2n) is 9.37. The van der Waals surface area contributed by atoms with Gasteiger partial charge in [0.15, 0.2) is 17.5 Å². The van der Waals surface area contributed by atoms with Crippen molar-refractivity contribution in [1.29, 1.82) is 0 Å². The molecule has 0 radical (unpaired) electrons. The van der Waals surface area contributed by atoms with E-state index < -0.39 is 0 Å². The average Bonchev–Trinajstić information content (AvgIpc) is 3.24. The quantitative estimate of drug-likeness (QED) is 0.432. The Hall–Kier alpha value is -3.55. The van der Waals surface area contributed by atoms with Gasteiger partial charge in [0.2, 0.25) is 0 Å². The highest BCUT2D eigenvalue weighted by Gasteiger charge is 2.25. The monoisotopic (exact) mass is 451 g/mol. The van der Waals surface area contributed by atoms with E-state index in [2.05, 4.69) is 85.4 Å². The molecular weight excluding hydrogens is 422 g/mol. The van der Waals surface area contributed by atoms with Gasteiger partial charge in [-0.1, -0.05) is 36.4 Å². The molecule has 0 atom stereocenters. The predicted octanol–water partition coefficient (Wildman–Crippen LogP) is 4.58. The van der Waals surface area contributed by atoms with Crippen LogP contribution in [0.1, 0.15) is 18.4 Å². The summed E-state index contributed by atoms with van der Waals surface area (Å²) in [5.41, 5.74) is 5.29. The fraction of sp³-hybridized carbons (Fsp3) is 0.296. The Morgan fingerprint density at radius 3 is 2.53 bits per heavy atom. The third kappa shape index (κ3) is 3.77. The van der Waals surface area contributed by atoms with Crippen LogP contribution < -0.4 is 5.32 Å². The van der Waals surface area contributed by atoms with Crippen LogP contribution >= 0.6 is 0 Å².